The summed E-state index contributed by atoms with van der Waals surface area (Å²) in [6.45, 7) is 1.19. The second-order valence-electron chi connectivity index (χ2n) is 6.98. The number of rotatable bonds is 6. The van der Waals surface area contributed by atoms with Gasteiger partial charge in [0, 0.05) is 18.0 Å². The molecule has 0 unspecified atom stereocenters. The number of nitrogens with one attached hydrogen (secondary N) is 1. The summed E-state index contributed by atoms with van der Waals surface area (Å²) in [5.41, 5.74) is 5.22. The number of amides is 1. The summed E-state index contributed by atoms with van der Waals surface area (Å²) >= 11 is 0. The molecule has 0 aliphatic heterocycles. The SMILES string of the molecule is CC(=O)Nc1cc(N)ccc1N=Nc1cc2c(S(=O)(=O)[O-])cc(S(=O)(=O)[O-])cc2cc1S(=O)(=O)[O-].[Na+].[Na+].[Na+]. The van der Waals surface area contributed by atoms with Gasteiger partial charge in [-0.05, 0) is 47.9 Å². The summed E-state index contributed by atoms with van der Waals surface area (Å²) in [5.74, 6) is -0.505. The van der Waals surface area contributed by atoms with Crippen LogP contribution >= 0.6 is 0 Å². The Morgan fingerprint density at radius 3 is 1.82 bits per heavy atom. The molecule has 0 saturated heterocycles. The van der Waals surface area contributed by atoms with Gasteiger partial charge in [-0.15, -0.1) is 10.2 Å². The zero-order valence-corrected chi connectivity index (χ0v) is 28.8. The number of nitrogens with zero attached hydrogens (tertiary/aromatic N) is 2. The van der Waals surface area contributed by atoms with E-state index in [0.717, 1.165) is 0 Å². The third-order valence-electron chi connectivity index (χ3n) is 4.39. The van der Waals surface area contributed by atoms with Gasteiger partial charge in [-0.1, -0.05) is 0 Å². The van der Waals surface area contributed by atoms with Crippen molar-refractivity contribution in [2.45, 2.75) is 21.6 Å². The van der Waals surface area contributed by atoms with Crippen LogP contribution < -0.4 is 99.7 Å². The van der Waals surface area contributed by atoms with Gasteiger partial charge in [-0.3, -0.25) is 4.79 Å². The number of carbonyl (C=O) groups excluding carboxylic acids is 1. The second kappa shape index (κ2) is 13.9. The van der Waals surface area contributed by atoms with Crippen molar-refractivity contribution in [3.05, 3.63) is 42.5 Å². The first-order chi connectivity index (χ1) is 16.0. The van der Waals surface area contributed by atoms with Crippen molar-refractivity contribution in [3.8, 4) is 0 Å². The Hall–Kier alpha value is -0.480. The van der Waals surface area contributed by atoms with Gasteiger partial charge in [0.2, 0.25) is 5.91 Å². The Labute approximate surface area is 284 Å². The molecule has 0 heterocycles. The molecule has 0 fully saturated rings. The van der Waals surface area contributed by atoms with Gasteiger partial charge in [-0.25, -0.2) is 25.3 Å². The van der Waals surface area contributed by atoms with E-state index in [1.54, 1.807) is 0 Å². The van der Waals surface area contributed by atoms with Gasteiger partial charge < -0.3 is 24.7 Å². The summed E-state index contributed by atoms with van der Waals surface area (Å²) in [4.78, 5) is 8.06. The van der Waals surface area contributed by atoms with Crippen molar-refractivity contribution in [3.63, 3.8) is 0 Å². The molecule has 1 amide bonds. The van der Waals surface area contributed by atoms with E-state index in [1.165, 1.54) is 25.1 Å². The third-order valence-corrected chi connectivity index (χ3v) is 6.95. The van der Waals surface area contributed by atoms with E-state index in [0.29, 0.717) is 24.3 Å². The van der Waals surface area contributed by atoms with E-state index < -0.39 is 67.4 Å². The Balaban J connectivity index is 0.00000456. The number of carbonyl (C=O) groups is 1. The van der Waals surface area contributed by atoms with Crippen LogP contribution in [0.2, 0.25) is 0 Å². The summed E-state index contributed by atoms with van der Waals surface area (Å²) in [6, 6.07) is 6.19. The zero-order chi connectivity index (χ0) is 26.3. The molecule has 0 aliphatic rings. The maximum Gasteiger partial charge on any atom is 1.00 e. The largest absolute Gasteiger partial charge is 1.00 e. The summed E-state index contributed by atoms with van der Waals surface area (Å²) < 4.78 is 105. The first kappa shape index (κ1) is 37.5. The predicted molar refractivity (Wildman–Crippen MR) is 117 cm³/mol. The zero-order valence-electron chi connectivity index (χ0n) is 20.3. The fraction of sp³-hybridized carbons (Fsp3) is 0.0556. The molecule has 0 atom stereocenters. The number of azo groups is 1. The molecule has 38 heavy (non-hydrogen) atoms. The first-order valence-corrected chi connectivity index (χ1v) is 13.3. The van der Waals surface area contributed by atoms with Gasteiger partial charge >= 0.3 is 88.7 Å². The fourth-order valence-corrected chi connectivity index (χ4v) is 4.94. The molecule has 3 N–H and O–H groups in total. The van der Waals surface area contributed by atoms with E-state index in [1.807, 2.05) is 0 Å². The third kappa shape index (κ3) is 9.28. The number of nitrogen functional groups attached to an aromatic ring is 1. The van der Waals surface area contributed by atoms with Gasteiger partial charge in [0.15, 0.2) is 0 Å². The quantitative estimate of drug-likeness (QED) is 0.115. The number of hydrogen-bond acceptors (Lipinski definition) is 13. The van der Waals surface area contributed by atoms with Crippen molar-refractivity contribution in [2.24, 2.45) is 10.2 Å². The van der Waals surface area contributed by atoms with Crippen molar-refractivity contribution >= 4 is 69.8 Å². The number of anilines is 2. The van der Waals surface area contributed by atoms with E-state index in [2.05, 4.69) is 15.5 Å². The predicted octanol–water partition coefficient (Wildman–Crippen LogP) is -7.48. The number of nitrogens with two attached hydrogens (primary N) is 1. The number of hydrogen-bond donors (Lipinski definition) is 2. The minimum Gasteiger partial charge on any atom is -0.744 e. The average Bonchev–Trinajstić information content (AvgIpc) is 2.69. The van der Waals surface area contributed by atoms with Crippen LogP contribution in [-0.4, -0.2) is 44.8 Å². The summed E-state index contributed by atoms with van der Waals surface area (Å²) in [6.07, 6.45) is 0. The molecule has 14 nitrogen and oxygen atoms in total. The molecule has 20 heteroatoms. The summed E-state index contributed by atoms with van der Waals surface area (Å²) in [7, 11) is -16.0. The monoisotopic (exact) mass is 610 g/mol. The molecule has 3 aromatic rings. The van der Waals surface area contributed by atoms with Crippen LogP contribution in [0, 0.1) is 0 Å². The molecule has 0 saturated carbocycles. The molecule has 3 aromatic carbocycles. The normalized spacial score (nSPS) is 11.8. The molecule has 186 valence electrons. The van der Waals surface area contributed by atoms with Crippen molar-refractivity contribution in [1.29, 1.82) is 0 Å². The second-order valence-corrected chi connectivity index (χ2v) is 11.1. The Morgan fingerprint density at radius 2 is 1.32 bits per heavy atom. The van der Waals surface area contributed by atoms with Gasteiger partial charge in [0.25, 0.3) is 0 Å². The fourth-order valence-electron chi connectivity index (χ4n) is 2.99. The molecule has 0 spiro atoms. The molecular formula is C18H13N4Na3O10S3. The van der Waals surface area contributed by atoms with Gasteiger partial charge in [0.05, 0.1) is 20.4 Å². The van der Waals surface area contributed by atoms with Crippen LogP contribution in [0.1, 0.15) is 6.92 Å². The Kier molecular flexibility index (Phi) is 13.8. The molecule has 0 radical (unpaired) electrons. The molecule has 0 aliphatic carbocycles. The first-order valence-electron chi connectivity index (χ1n) is 9.05. The minimum absolute atomic E-state index is 0. The smallest absolute Gasteiger partial charge is 0.744 e. The molecule has 0 aromatic heterocycles. The van der Waals surface area contributed by atoms with Crippen molar-refractivity contribution in [2.75, 3.05) is 11.1 Å². The Morgan fingerprint density at radius 1 is 0.763 bits per heavy atom. The average molecular weight is 610 g/mol. The topological polar surface area (TPSA) is 251 Å². The van der Waals surface area contributed by atoms with Crippen LogP contribution in [0.5, 0.6) is 0 Å². The summed E-state index contributed by atoms with van der Waals surface area (Å²) in [5, 5.41) is 8.82. The van der Waals surface area contributed by atoms with E-state index in [9.17, 15) is 43.7 Å². The van der Waals surface area contributed by atoms with Crippen LogP contribution in [0.3, 0.4) is 0 Å². The van der Waals surface area contributed by atoms with Crippen LogP contribution in [0.15, 0.2) is 67.4 Å². The molecular weight excluding hydrogens is 597 g/mol. The van der Waals surface area contributed by atoms with Gasteiger partial charge in [-0.2, -0.15) is 0 Å². The maximum atomic E-state index is 11.8. The molecule has 3 rings (SSSR count). The van der Waals surface area contributed by atoms with E-state index >= 15 is 0 Å². The maximum absolute atomic E-state index is 11.8. The van der Waals surface area contributed by atoms with E-state index in [4.69, 9.17) is 5.73 Å². The van der Waals surface area contributed by atoms with Crippen molar-refractivity contribution < 1.29 is 132 Å². The standard InChI is InChI=1S/C18H16N4O10S3.3Na/c1-9(23)20-15-6-11(19)2-3-14(15)21-22-16-8-13-10(5-18(16)35(30,31)32)4-12(33(24,25)26)7-17(13)34(27,28)29;;;/h2-8H,19H2,1H3,(H,20,23)(H,24,25,26)(H,27,28,29)(H,30,31,32);;;/q;3*+1/p-3. The number of benzene rings is 3. The molecule has 0 bridgehead atoms. The van der Waals surface area contributed by atoms with Crippen LogP contribution in [0.4, 0.5) is 22.7 Å². The Bertz CT molecular complexity index is 1750. The van der Waals surface area contributed by atoms with Crippen LogP contribution in [-0.2, 0) is 35.1 Å². The minimum atomic E-state index is -5.38. The van der Waals surface area contributed by atoms with Crippen molar-refractivity contribution in [1.82, 2.24) is 0 Å². The van der Waals surface area contributed by atoms with Gasteiger partial charge in [0.1, 0.15) is 41.7 Å². The number of fused-ring (bicyclic) bond motifs is 1. The van der Waals surface area contributed by atoms with E-state index in [-0.39, 0.29) is 106 Å². The van der Waals surface area contributed by atoms with Crippen LogP contribution in [0.25, 0.3) is 10.8 Å².